The molecule has 2 N–H and O–H groups in total. The van der Waals surface area contributed by atoms with E-state index in [2.05, 4.69) is 35.6 Å². The molecule has 0 saturated carbocycles. The molecule has 2 heteroatoms. The quantitative estimate of drug-likeness (QED) is 0.461. The summed E-state index contributed by atoms with van der Waals surface area (Å²) < 4.78 is 0.543. The Morgan fingerprint density at radius 2 is 2.20 bits per heavy atom. The molecular formula is C8H10IN. The van der Waals surface area contributed by atoms with Gasteiger partial charge in [-0.05, 0) is 24.6 Å². The lowest BCUT2D eigenvalue weighted by Crippen LogP contribution is -1.87. The fraction of sp³-hybridized carbons (Fsp3) is 0.250. The monoisotopic (exact) mass is 247 g/mol. The molecule has 0 amide bonds. The van der Waals surface area contributed by atoms with E-state index >= 15 is 0 Å². The maximum atomic E-state index is 5.59. The molecule has 1 unspecified atom stereocenters. The minimum absolute atomic E-state index is 0.543. The van der Waals surface area contributed by atoms with E-state index in [1.54, 1.807) is 0 Å². The van der Waals surface area contributed by atoms with Crippen LogP contribution >= 0.6 is 22.6 Å². The van der Waals surface area contributed by atoms with Crippen molar-refractivity contribution in [1.29, 1.82) is 0 Å². The van der Waals surface area contributed by atoms with E-state index in [0.717, 1.165) is 5.69 Å². The standard InChI is InChI=1S/C8H10IN/c1-6(9)7-3-2-4-8(10)5-7/h2-6H,10H2,1H3. The smallest absolute Gasteiger partial charge is 0.0332 e. The number of nitrogen functional groups attached to an aromatic ring is 1. The first-order chi connectivity index (χ1) is 4.70. The third kappa shape index (κ3) is 1.87. The Balaban J connectivity index is 2.96. The molecule has 0 fully saturated rings. The third-order valence-corrected chi connectivity index (χ3v) is 2.09. The summed E-state index contributed by atoms with van der Waals surface area (Å²) in [6.45, 7) is 2.15. The van der Waals surface area contributed by atoms with Gasteiger partial charge in [-0.2, -0.15) is 0 Å². The SMILES string of the molecule is CC(I)c1cccc(N)c1. The summed E-state index contributed by atoms with van der Waals surface area (Å²) in [5.41, 5.74) is 7.73. The largest absolute Gasteiger partial charge is 0.399 e. The highest BCUT2D eigenvalue weighted by molar-refractivity contribution is 14.1. The Kier molecular flexibility index (Phi) is 2.54. The second-order valence-electron chi connectivity index (χ2n) is 2.29. The van der Waals surface area contributed by atoms with Gasteiger partial charge in [-0.1, -0.05) is 34.7 Å². The summed E-state index contributed by atoms with van der Waals surface area (Å²) in [5.74, 6) is 0. The molecular weight excluding hydrogens is 237 g/mol. The van der Waals surface area contributed by atoms with Crippen molar-refractivity contribution >= 4 is 28.3 Å². The van der Waals surface area contributed by atoms with Crippen LogP contribution in [0.1, 0.15) is 16.4 Å². The lowest BCUT2D eigenvalue weighted by Gasteiger charge is -2.02. The second-order valence-corrected chi connectivity index (χ2v) is 4.15. The minimum Gasteiger partial charge on any atom is -0.399 e. The number of benzene rings is 1. The van der Waals surface area contributed by atoms with Gasteiger partial charge in [-0.15, -0.1) is 0 Å². The molecule has 1 nitrogen and oxygen atoms in total. The normalized spacial score (nSPS) is 13.0. The molecule has 0 aromatic heterocycles. The van der Waals surface area contributed by atoms with Gasteiger partial charge in [-0.25, -0.2) is 0 Å². The highest BCUT2D eigenvalue weighted by Crippen LogP contribution is 2.23. The van der Waals surface area contributed by atoms with Gasteiger partial charge in [0.1, 0.15) is 0 Å². The molecule has 0 aliphatic heterocycles. The van der Waals surface area contributed by atoms with Crippen LogP contribution in [0.2, 0.25) is 0 Å². The van der Waals surface area contributed by atoms with Gasteiger partial charge in [0, 0.05) is 9.61 Å². The van der Waals surface area contributed by atoms with Crippen LogP contribution in [0.3, 0.4) is 0 Å². The van der Waals surface area contributed by atoms with E-state index in [1.807, 2.05) is 18.2 Å². The summed E-state index contributed by atoms with van der Waals surface area (Å²) in [4.78, 5) is 0. The number of hydrogen-bond acceptors (Lipinski definition) is 1. The van der Waals surface area contributed by atoms with Gasteiger partial charge in [0.05, 0.1) is 0 Å². The Hall–Kier alpha value is -0.250. The van der Waals surface area contributed by atoms with Crippen LogP contribution in [0.15, 0.2) is 24.3 Å². The lowest BCUT2D eigenvalue weighted by molar-refractivity contribution is 1.15. The van der Waals surface area contributed by atoms with Crippen LogP contribution in [0, 0.1) is 0 Å². The number of nitrogens with two attached hydrogens (primary N) is 1. The Bertz CT molecular complexity index is 220. The molecule has 0 saturated heterocycles. The zero-order chi connectivity index (χ0) is 7.56. The van der Waals surface area contributed by atoms with Crippen LogP contribution in [0.5, 0.6) is 0 Å². The van der Waals surface area contributed by atoms with Gasteiger partial charge in [0.25, 0.3) is 0 Å². The Labute approximate surface area is 74.8 Å². The molecule has 0 aliphatic rings. The van der Waals surface area contributed by atoms with Crippen molar-refractivity contribution in [3.8, 4) is 0 Å². The number of rotatable bonds is 1. The summed E-state index contributed by atoms with van der Waals surface area (Å²) in [7, 11) is 0. The van der Waals surface area contributed by atoms with Crippen molar-refractivity contribution in [1.82, 2.24) is 0 Å². The summed E-state index contributed by atoms with van der Waals surface area (Å²) >= 11 is 2.37. The van der Waals surface area contributed by atoms with Crippen molar-refractivity contribution in [3.63, 3.8) is 0 Å². The number of hydrogen-bond donors (Lipinski definition) is 1. The molecule has 54 valence electrons. The van der Waals surface area contributed by atoms with Gasteiger partial charge < -0.3 is 5.73 Å². The summed E-state index contributed by atoms with van der Waals surface area (Å²) in [6, 6.07) is 7.99. The minimum atomic E-state index is 0.543. The number of alkyl halides is 1. The first kappa shape index (κ1) is 7.85. The third-order valence-electron chi connectivity index (χ3n) is 1.37. The maximum Gasteiger partial charge on any atom is 0.0332 e. The second kappa shape index (κ2) is 3.23. The topological polar surface area (TPSA) is 26.0 Å². The highest BCUT2D eigenvalue weighted by Gasteiger charge is 1.98. The molecule has 0 radical (unpaired) electrons. The van der Waals surface area contributed by atoms with E-state index in [-0.39, 0.29) is 0 Å². The van der Waals surface area contributed by atoms with Crippen molar-refractivity contribution in [3.05, 3.63) is 29.8 Å². The average Bonchev–Trinajstić information content (AvgIpc) is 1.88. The summed E-state index contributed by atoms with van der Waals surface area (Å²) in [5, 5.41) is 0. The van der Waals surface area contributed by atoms with Gasteiger partial charge in [-0.3, -0.25) is 0 Å². The van der Waals surface area contributed by atoms with Crippen LogP contribution in [-0.2, 0) is 0 Å². The van der Waals surface area contributed by atoms with E-state index in [1.165, 1.54) is 5.56 Å². The van der Waals surface area contributed by atoms with Crippen molar-refractivity contribution in [2.45, 2.75) is 10.8 Å². The number of halogens is 1. The fourth-order valence-corrected chi connectivity index (χ4v) is 1.19. The van der Waals surface area contributed by atoms with Gasteiger partial charge >= 0.3 is 0 Å². The molecule has 1 aromatic rings. The van der Waals surface area contributed by atoms with Crippen LogP contribution in [0.25, 0.3) is 0 Å². The van der Waals surface area contributed by atoms with Crippen molar-refractivity contribution in [2.75, 3.05) is 5.73 Å². The van der Waals surface area contributed by atoms with E-state index in [4.69, 9.17) is 5.73 Å². The predicted molar refractivity (Wildman–Crippen MR) is 53.3 cm³/mol. The van der Waals surface area contributed by atoms with Crippen LogP contribution < -0.4 is 5.73 Å². The van der Waals surface area contributed by atoms with E-state index in [9.17, 15) is 0 Å². The Morgan fingerprint density at radius 1 is 1.50 bits per heavy atom. The molecule has 10 heavy (non-hydrogen) atoms. The fourth-order valence-electron chi connectivity index (χ4n) is 0.806. The zero-order valence-electron chi connectivity index (χ0n) is 5.84. The zero-order valence-corrected chi connectivity index (χ0v) is 8.00. The lowest BCUT2D eigenvalue weighted by atomic mass is 10.1. The Morgan fingerprint density at radius 3 is 2.60 bits per heavy atom. The molecule has 0 heterocycles. The van der Waals surface area contributed by atoms with Crippen molar-refractivity contribution in [2.24, 2.45) is 0 Å². The maximum absolute atomic E-state index is 5.59. The van der Waals surface area contributed by atoms with E-state index in [0.29, 0.717) is 3.92 Å². The van der Waals surface area contributed by atoms with Crippen LogP contribution in [-0.4, -0.2) is 0 Å². The van der Waals surface area contributed by atoms with Gasteiger partial charge in [0.2, 0.25) is 0 Å². The first-order valence-electron chi connectivity index (χ1n) is 3.19. The predicted octanol–water partition coefficient (Wildman–Crippen LogP) is 2.76. The van der Waals surface area contributed by atoms with Crippen LogP contribution in [0.4, 0.5) is 5.69 Å². The summed E-state index contributed by atoms with van der Waals surface area (Å²) in [6.07, 6.45) is 0. The first-order valence-corrected chi connectivity index (χ1v) is 4.44. The number of anilines is 1. The van der Waals surface area contributed by atoms with E-state index < -0.39 is 0 Å². The molecule has 1 rings (SSSR count). The molecule has 1 atom stereocenters. The highest BCUT2D eigenvalue weighted by atomic mass is 127. The molecule has 1 aromatic carbocycles. The molecule has 0 bridgehead atoms. The average molecular weight is 247 g/mol. The van der Waals surface area contributed by atoms with Gasteiger partial charge in [0.15, 0.2) is 0 Å². The van der Waals surface area contributed by atoms with Crippen molar-refractivity contribution < 1.29 is 0 Å². The molecule has 0 spiro atoms. The molecule has 0 aliphatic carbocycles.